The SMILES string of the molecule is COc1ccc(N2CCN(C(=O)c3cc(N4CCC(C)CC4)ccn3)CC2)cc1. The molecular formula is C23H30N4O2. The lowest BCUT2D eigenvalue weighted by atomic mass is 9.99. The van der Waals surface area contributed by atoms with Gasteiger partial charge in [-0.05, 0) is 55.2 Å². The van der Waals surface area contributed by atoms with Crippen molar-refractivity contribution in [1.82, 2.24) is 9.88 Å². The Kier molecular flexibility index (Phi) is 5.88. The summed E-state index contributed by atoms with van der Waals surface area (Å²) in [5.41, 5.74) is 2.84. The van der Waals surface area contributed by atoms with Crippen LogP contribution in [0.3, 0.4) is 0 Å². The van der Waals surface area contributed by atoms with Crippen molar-refractivity contribution in [3.63, 3.8) is 0 Å². The average Bonchev–Trinajstić information content (AvgIpc) is 2.79. The van der Waals surface area contributed by atoms with Gasteiger partial charge in [0.05, 0.1) is 7.11 Å². The van der Waals surface area contributed by atoms with E-state index < -0.39 is 0 Å². The minimum atomic E-state index is 0.0339. The minimum absolute atomic E-state index is 0.0339. The van der Waals surface area contributed by atoms with Crippen LogP contribution in [0.25, 0.3) is 0 Å². The maximum absolute atomic E-state index is 13.0. The molecule has 3 heterocycles. The first-order valence-corrected chi connectivity index (χ1v) is 10.5. The molecule has 4 rings (SSSR count). The molecule has 6 nitrogen and oxygen atoms in total. The van der Waals surface area contributed by atoms with Gasteiger partial charge in [-0.2, -0.15) is 0 Å². The molecule has 29 heavy (non-hydrogen) atoms. The van der Waals surface area contributed by atoms with Gasteiger partial charge in [0, 0.05) is 56.8 Å². The highest BCUT2D eigenvalue weighted by Crippen LogP contribution is 2.24. The largest absolute Gasteiger partial charge is 0.497 e. The van der Waals surface area contributed by atoms with Gasteiger partial charge in [-0.3, -0.25) is 9.78 Å². The van der Waals surface area contributed by atoms with Crippen molar-refractivity contribution < 1.29 is 9.53 Å². The summed E-state index contributed by atoms with van der Waals surface area (Å²) in [6, 6.07) is 12.1. The normalized spacial score (nSPS) is 18.1. The van der Waals surface area contributed by atoms with E-state index >= 15 is 0 Å². The lowest BCUT2D eigenvalue weighted by molar-refractivity contribution is 0.0741. The molecule has 154 valence electrons. The Morgan fingerprint density at radius 2 is 1.59 bits per heavy atom. The zero-order valence-corrected chi connectivity index (χ0v) is 17.4. The molecule has 2 aliphatic heterocycles. The Morgan fingerprint density at radius 3 is 2.24 bits per heavy atom. The van der Waals surface area contributed by atoms with E-state index in [0.29, 0.717) is 18.8 Å². The smallest absolute Gasteiger partial charge is 0.272 e. The molecule has 0 spiro atoms. The third-order valence-electron chi connectivity index (χ3n) is 6.12. The number of aromatic nitrogens is 1. The second kappa shape index (κ2) is 8.72. The Morgan fingerprint density at radius 1 is 0.931 bits per heavy atom. The summed E-state index contributed by atoms with van der Waals surface area (Å²) in [5, 5.41) is 0. The molecule has 0 bridgehead atoms. The second-order valence-corrected chi connectivity index (χ2v) is 8.05. The number of piperazine rings is 1. The minimum Gasteiger partial charge on any atom is -0.497 e. The summed E-state index contributed by atoms with van der Waals surface area (Å²) in [6.07, 6.45) is 4.19. The number of ether oxygens (including phenoxy) is 1. The molecule has 6 heteroatoms. The van der Waals surface area contributed by atoms with Crippen molar-refractivity contribution in [2.75, 3.05) is 56.2 Å². The number of hydrogen-bond acceptors (Lipinski definition) is 5. The summed E-state index contributed by atoms with van der Waals surface area (Å²) >= 11 is 0. The quantitative estimate of drug-likeness (QED) is 0.796. The fourth-order valence-corrected chi connectivity index (χ4v) is 4.12. The molecule has 1 aromatic heterocycles. The monoisotopic (exact) mass is 394 g/mol. The number of anilines is 2. The molecule has 0 N–H and O–H groups in total. The molecule has 2 saturated heterocycles. The number of carbonyl (C=O) groups is 1. The summed E-state index contributed by atoms with van der Waals surface area (Å²) < 4.78 is 5.23. The summed E-state index contributed by atoms with van der Waals surface area (Å²) in [5.74, 6) is 1.68. The third-order valence-corrected chi connectivity index (χ3v) is 6.12. The molecule has 0 saturated carbocycles. The highest BCUT2D eigenvalue weighted by molar-refractivity contribution is 5.93. The van der Waals surface area contributed by atoms with Crippen molar-refractivity contribution in [3.05, 3.63) is 48.3 Å². The third kappa shape index (κ3) is 4.47. The van der Waals surface area contributed by atoms with Crippen LogP contribution in [-0.2, 0) is 0 Å². The Hall–Kier alpha value is -2.76. The van der Waals surface area contributed by atoms with Crippen molar-refractivity contribution in [1.29, 1.82) is 0 Å². The van der Waals surface area contributed by atoms with Crippen LogP contribution in [0.5, 0.6) is 5.75 Å². The van der Waals surface area contributed by atoms with Gasteiger partial charge in [0.1, 0.15) is 11.4 Å². The van der Waals surface area contributed by atoms with Crippen molar-refractivity contribution >= 4 is 17.3 Å². The molecular weight excluding hydrogens is 364 g/mol. The van der Waals surface area contributed by atoms with Gasteiger partial charge < -0.3 is 19.4 Å². The number of pyridine rings is 1. The first kappa shape index (κ1) is 19.6. The molecule has 2 fully saturated rings. The van der Waals surface area contributed by atoms with Gasteiger partial charge in [0.25, 0.3) is 5.91 Å². The first-order valence-electron chi connectivity index (χ1n) is 10.5. The number of amides is 1. The maximum atomic E-state index is 13.0. The van der Waals surface area contributed by atoms with E-state index in [4.69, 9.17) is 4.74 Å². The fourth-order valence-electron chi connectivity index (χ4n) is 4.12. The number of carbonyl (C=O) groups excluding carboxylic acids is 1. The van der Waals surface area contributed by atoms with E-state index in [1.807, 2.05) is 29.2 Å². The highest BCUT2D eigenvalue weighted by Gasteiger charge is 2.24. The summed E-state index contributed by atoms with van der Waals surface area (Å²) in [4.78, 5) is 24.0. The molecule has 0 aliphatic carbocycles. The van der Waals surface area contributed by atoms with Crippen LogP contribution < -0.4 is 14.5 Å². The summed E-state index contributed by atoms with van der Waals surface area (Å²) in [7, 11) is 1.67. The fraction of sp³-hybridized carbons (Fsp3) is 0.478. The lowest BCUT2D eigenvalue weighted by Gasteiger charge is -2.36. The Labute approximate surface area is 173 Å². The van der Waals surface area contributed by atoms with Crippen LogP contribution in [0.2, 0.25) is 0 Å². The number of rotatable bonds is 4. The molecule has 0 unspecified atom stereocenters. The van der Waals surface area contributed by atoms with Gasteiger partial charge in [-0.1, -0.05) is 6.92 Å². The highest BCUT2D eigenvalue weighted by atomic mass is 16.5. The van der Waals surface area contributed by atoms with Gasteiger partial charge in [0.2, 0.25) is 0 Å². The lowest BCUT2D eigenvalue weighted by Crippen LogP contribution is -2.49. The van der Waals surface area contributed by atoms with Gasteiger partial charge >= 0.3 is 0 Å². The molecule has 2 aliphatic rings. The van der Waals surface area contributed by atoms with E-state index in [2.05, 4.69) is 33.8 Å². The van der Waals surface area contributed by atoms with Crippen LogP contribution >= 0.6 is 0 Å². The molecule has 1 amide bonds. The van der Waals surface area contributed by atoms with Crippen LogP contribution in [0.4, 0.5) is 11.4 Å². The van der Waals surface area contributed by atoms with Crippen LogP contribution in [-0.4, -0.2) is 62.2 Å². The van der Waals surface area contributed by atoms with Gasteiger partial charge in [-0.15, -0.1) is 0 Å². The standard InChI is InChI=1S/C23H30N4O2/c1-18-8-11-25(12-9-18)20-7-10-24-22(17-20)23(28)27-15-13-26(14-16-27)19-3-5-21(29-2)6-4-19/h3-7,10,17-18H,8-9,11-16H2,1-2H3. The number of nitrogens with zero attached hydrogens (tertiary/aromatic N) is 4. The van der Waals surface area contributed by atoms with Gasteiger partial charge in [-0.25, -0.2) is 0 Å². The van der Waals surface area contributed by atoms with E-state index in [0.717, 1.165) is 49.2 Å². The van der Waals surface area contributed by atoms with Crippen LogP contribution in [0, 0.1) is 5.92 Å². The molecule has 1 aromatic carbocycles. The molecule has 0 atom stereocenters. The zero-order valence-electron chi connectivity index (χ0n) is 17.4. The molecule has 0 radical (unpaired) electrons. The van der Waals surface area contributed by atoms with Crippen LogP contribution in [0.1, 0.15) is 30.3 Å². The van der Waals surface area contributed by atoms with E-state index in [-0.39, 0.29) is 5.91 Å². The first-order chi connectivity index (χ1) is 14.1. The molecule has 2 aromatic rings. The average molecular weight is 395 g/mol. The van der Waals surface area contributed by atoms with E-state index in [1.54, 1.807) is 13.3 Å². The zero-order chi connectivity index (χ0) is 20.2. The second-order valence-electron chi connectivity index (χ2n) is 8.05. The summed E-state index contributed by atoms with van der Waals surface area (Å²) in [6.45, 7) is 7.47. The van der Waals surface area contributed by atoms with Crippen molar-refractivity contribution in [2.45, 2.75) is 19.8 Å². The van der Waals surface area contributed by atoms with E-state index in [1.165, 1.54) is 12.8 Å². The Bertz CT molecular complexity index is 823. The van der Waals surface area contributed by atoms with E-state index in [9.17, 15) is 4.79 Å². The predicted molar refractivity (Wildman–Crippen MR) is 116 cm³/mol. The Balaban J connectivity index is 1.37. The van der Waals surface area contributed by atoms with Crippen molar-refractivity contribution in [3.8, 4) is 5.75 Å². The van der Waals surface area contributed by atoms with Crippen LogP contribution in [0.15, 0.2) is 42.6 Å². The van der Waals surface area contributed by atoms with Gasteiger partial charge in [0.15, 0.2) is 0 Å². The number of piperidine rings is 1. The topological polar surface area (TPSA) is 48.9 Å². The number of methoxy groups -OCH3 is 1. The van der Waals surface area contributed by atoms with Crippen molar-refractivity contribution in [2.24, 2.45) is 5.92 Å². The number of hydrogen-bond donors (Lipinski definition) is 0. The number of benzene rings is 1. The predicted octanol–water partition coefficient (Wildman–Crippen LogP) is 3.29. The maximum Gasteiger partial charge on any atom is 0.272 e.